The molecule has 6 nitrogen and oxygen atoms in total. The topological polar surface area (TPSA) is 43.3 Å². The molecule has 0 amide bonds. The molecular formula is C20H42IN5O. The molecule has 2 saturated heterocycles. The molecule has 1 N–H and O–H groups in total. The van der Waals surface area contributed by atoms with Gasteiger partial charge in [0.2, 0.25) is 0 Å². The summed E-state index contributed by atoms with van der Waals surface area (Å²) in [6.45, 7) is 18.3. The van der Waals surface area contributed by atoms with Crippen molar-refractivity contribution >= 4 is 29.9 Å². The standard InChI is InChI=1S/C20H41N5O.HI/c1-6-21-20(25-10-8-18(9-11-25)26-7-2)22-16-19(17(3)4)24-14-12-23(5)13-15-24;/h17-19H,6-16H2,1-5H3,(H,21,22);1H. The maximum atomic E-state index is 5.79. The zero-order valence-corrected chi connectivity index (χ0v) is 20.4. The Hall–Kier alpha value is -0.120. The maximum absolute atomic E-state index is 5.79. The van der Waals surface area contributed by atoms with E-state index in [0.29, 0.717) is 18.1 Å². The van der Waals surface area contributed by atoms with Gasteiger partial charge in [0.25, 0.3) is 0 Å². The normalized spacial score (nSPS) is 22.0. The van der Waals surface area contributed by atoms with Crippen LogP contribution in [0.3, 0.4) is 0 Å². The van der Waals surface area contributed by atoms with Gasteiger partial charge in [0.1, 0.15) is 0 Å². The van der Waals surface area contributed by atoms with Crippen molar-refractivity contribution in [3.63, 3.8) is 0 Å². The zero-order chi connectivity index (χ0) is 18.9. The van der Waals surface area contributed by atoms with Gasteiger partial charge in [-0.2, -0.15) is 0 Å². The molecule has 2 fully saturated rings. The minimum Gasteiger partial charge on any atom is -0.378 e. The number of guanidine groups is 1. The van der Waals surface area contributed by atoms with Crippen LogP contribution in [0.1, 0.15) is 40.5 Å². The van der Waals surface area contributed by atoms with Crippen LogP contribution in [0.4, 0.5) is 0 Å². The predicted octanol–water partition coefficient (Wildman–Crippen LogP) is 2.34. The molecule has 0 aromatic heterocycles. The van der Waals surface area contributed by atoms with E-state index in [1.807, 2.05) is 0 Å². The maximum Gasteiger partial charge on any atom is 0.193 e. The van der Waals surface area contributed by atoms with Crippen LogP contribution in [0, 0.1) is 5.92 Å². The number of rotatable bonds is 7. The second-order valence-corrected chi connectivity index (χ2v) is 7.99. The van der Waals surface area contributed by atoms with Gasteiger partial charge in [-0.1, -0.05) is 13.8 Å². The molecule has 0 aromatic rings. The highest BCUT2D eigenvalue weighted by Crippen LogP contribution is 2.16. The smallest absolute Gasteiger partial charge is 0.193 e. The number of hydrogen-bond acceptors (Lipinski definition) is 4. The number of ether oxygens (including phenoxy) is 1. The highest BCUT2D eigenvalue weighted by Gasteiger charge is 2.26. The Morgan fingerprint density at radius 2 is 1.70 bits per heavy atom. The van der Waals surface area contributed by atoms with E-state index in [9.17, 15) is 0 Å². The van der Waals surface area contributed by atoms with E-state index >= 15 is 0 Å². The lowest BCUT2D eigenvalue weighted by Crippen LogP contribution is -2.52. The Balaban J connectivity index is 0.00000364. The third kappa shape index (κ3) is 8.03. The molecule has 160 valence electrons. The first-order chi connectivity index (χ1) is 12.5. The van der Waals surface area contributed by atoms with E-state index in [-0.39, 0.29) is 24.0 Å². The molecule has 0 bridgehead atoms. The molecule has 1 atom stereocenters. The summed E-state index contributed by atoms with van der Waals surface area (Å²) in [5, 5.41) is 3.51. The first-order valence-corrected chi connectivity index (χ1v) is 10.6. The Kier molecular flexibility index (Phi) is 12.2. The van der Waals surface area contributed by atoms with Crippen molar-refractivity contribution in [2.24, 2.45) is 10.9 Å². The Morgan fingerprint density at radius 3 is 2.22 bits per heavy atom. The first-order valence-electron chi connectivity index (χ1n) is 10.6. The highest BCUT2D eigenvalue weighted by molar-refractivity contribution is 14.0. The number of piperidine rings is 1. The molecule has 2 aliphatic heterocycles. The summed E-state index contributed by atoms with van der Waals surface area (Å²) in [5.41, 5.74) is 0. The monoisotopic (exact) mass is 495 g/mol. The first kappa shape index (κ1) is 24.9. The molecule has 1 unspecified atom stereocenters. The lowest BCUT2D eigenvalue weighted by Gasteiger charge is -2.39. The number of likely N-dealkylation sites (N-methyl/N-ethyl adjacent to an activating group) is 1. The van der Waals surface area contributed by atoms with Crippen molar-refractivity contribution in [1.29, 1.82) is 0 Å². The quantitative estimate of drug-likeness (QED) is 0.334. The summed E-state index contributed by atoms with van der Waals surface area (Å²) in [6, 6.07) is 0.526. The lowest BCUT2D eigenvalue weighted by atomic mass is 10.0. The summed E-state index contributed by atoms with van der Waals surface area (Å²) in [5.74, 6) is 1.70. The second kappa shape index (κ2) is 13.2. The largest absolute Gasteiger partial charge is 0.378 e. The van der Waals surface area contributed by atoms with E-state index in [4.69, 9.17) is 9.73 Å². The summed E-state index contributed by atoms with van der Waals surface area (Å²) in [7, 11) is 2.22. The van der Waals surface area contributed by atoms with Gasteiger partial charge in [-0.3, -0.25) is 9.89 Å². The number of piperazine rings is 1. The van der Waals surface area contributed by atoms with E-state index in [1.165, 1.54) is 0 Å². The van der Waals surface area contributed by atoms with Crippen LogP contribution >= 0.6 is 24.0 Å². The van der Waals surface area contributed by atoms with Crippen LogP contribution in [-0.4, -0.2) is 98.8 Å². The van der Waals surface area contributed by atoms with Gasteiger partial charge in [-0.25, -0.2) is 0 Å². The molecule has 0 saturated carbocycles. The average molecular weight is 495 g/mol. The summed E-state index contributed by atoms with van der Waals surface area (Å²) < 4.78 is 5.79. The molecule has 2 heterocycles. The Labute approximate surface area is 184 Å². The van der Waals surface area contributed by atoms with E-state index in [2.05, 4.69) is 54.8 Å². The van der Waals surface area contributed by atoms with E-state index < -0.39 is 0 Å². The molecule has 2 rings (SSSR count). The third-order valence-electron chi connectivity index (χ3n) is 5.68. The second-order valence-electron chi connectivity index (χ2n) is 7.99. The van der Waals surface area contributed by atoms with Crippen molar-refractivity contribution in [3.05, 3.63) is 0 Å². The van der Waals surface area contributed by atoms with Crippen molar-refractivity contribution in [2.45, 2.75) is 52.7 Å². The Bertz CT molecular complexity index is 419. The molecule has 0 radical (unpaired) electrons. The van der Waals surface area contributed by atoms with Crippen molar-refractivity contribution in [2.75, 3.05) is 66.0 Å². The molecule has 2 aliphatic rings. The molecular weight excluding hydrogens is 453 g/mol. The number of likely N-dealkylation sites (tertiary alicyclic amines) is 1. The van der Waals surface area contributed by atoms with Crippen LogP contribution in [0.15, 0.2) is 4.99 Å². The summed E-state index contributed by atoms with van der Waals surface area (Å²) >= 11 is 0. The number of nitrogens with one attached hydrogen (secondary N) is 1. The predicted molar refractivity (Wildman–Crippen MR) is 125 cm³/mol. The molecule has 7 heteroatoms. The number of aliphatic imine (C=N–C) groups is 1. The summed E-state index contributed by atoms with van der Waals surface area (Å²) in [6.07, 6.45) is 2.63. The minimum atomic E-state index is 0. The van der Waals surface area contributed by atoms with Crippen molar-refractivity contribution in [1.82, 2.24) is 20.0 Å². The fourth-order valence-electron chi connectivity index (χ4n) is 3.98. The molecule has 0 spiro atoms. The van der Waals surface area contributed by atoms with Gasteiger partial charge in [0, 0.05) is 58.5 Å². The van der Waals surface area contributed by atoms with E-state index in [0.717, 1.165) is 77.8 Å². The van der Waals surface area contributed by atoms with Crippen molar-refractivity contribution in [3.8, 4) is 0 Å². The fraction of sp³-hybridized carbons (Fsp3) is 0.950. The molecule has 0 aromatic carbocycles. The number of halogens is 1. The average Bonchev–Trinajstić information content (AvgIpc) is 2.63. The number of nitrogens with zero attached hydrogens (tertiary/aromatic N) is 4. The SMILES string of the molecule is CCNC(=NCC(C(C)C)N1CCN(C)CC1)N1CCC(OCC)CC1.I. The van der Waals surface area contributed by atoms with Crippen LogP contribution in [0.2, 0.25) is 0 Å². The highest BCUT2D eigenvalue weighted by atomic mass is 127. The fourth-order valence-corrected chi connectivity index (χ4v) is 3.98. The van der Waals surface area contributed by atoms with Gasteiger partial charge in [-0.15, -0.1) is 24.0 Å². The molecule has 0 aliphatic carbocycles. The van der Waals surface area contributed by atoms with Gasteiger partial charge in [0.15, 0.2) is 5.96 Å². The zero-order valence-electron chi connectivity index (χ0n) is 18.1. The Morgan fingerprint density at radius 1 is 1.07 bits per heavy atom. The van der Waals surface area contributed by atoms with Crippen LogP contribution in [-0.2, 0) is 4.74 Å². The third-order valence-corrected chi connectivity index (χ3v) is 5.68. The van der Waals surface area contributed by atoms with Gasteiger partial charge < -0.3 is 19.9 Å². The van der Waals surface area contributed by atoms with Crippen LogP contribution in [0.25, 0.3) is 0 Å². The van der Waals surface area contributed by atoms with E-state index in [1.54, 1.807) is 0 Å². The van der Waals surface area contributed by atoms with Crippen LogP contribution in [0.5, 0.6) is 0 Å². The van der Waals surface area contributed by atoms with Gasteiger partial charge >= 0.3 is 0 Å². The lowest BCUT2D eigenvalue weighted by molar-refractivity contribution is 0.0263. The number of hydrogen-bond donors (Lipinski definition) is 1. The van der Waals surface area contributed by atoms with Gasteiger partial charge in [-0.05, 0) is 39.7 Å². The van der Waals surface area contributed by atoms with Crippen LogP contribution < -0.4 is 5.32 Å². The summed E-state index contributed by atoms with van der Waals surface area (Å²) in [4.78, 5) is 12.5. The van der Waals surface area contributed by atoms with Gasteiger partial charge in [0.05, 0.1) is 12.6 Å². The molecule has 27 heavy (non-hydrogen) atoms. The minimum absolute atomic E-state index is 0. The van der Waals surface area contributed by atoms with Crippen molar-refractivity contribution < 1.29 is 4.74 Å².